The van der Waals surface area contributed by atoms with Crippen molar-refractivity contribution in [1.29, 1.82) is 0 Å². The number of benzene rings is 1. The van der Waals surface area contributed by atoms with E-state index in [0.717, 1.165) is 9.87 Å². The maximum atomic E-state index is 12.2. The Hall–Kier alpha value is -1.00. The third-order valence-electron chi connectivity index (χ3n) is 3.71. The van der Waals surface area contributed by atoms with Gasteiger partial charge in [-0.1, -0.05) is 12.1 Å². The highest BCUT2D eigenvalue weighted by atomic mass is 32.2. The van der Waals surface area contributed by atoms with Gasteiger partial charge in [0.2, 0.25) is 20.0 Å². The fraction of sp³-hybridized carbons (Fsp3) is 0.571. The van der Waals surface area contributed by atoms with Gasteiger partial charge in [0, 0.05) is 27.2 Å². The average molecular weight is 362 g/mol. The monoisotopic (exact) mass is 362 g/mol. The molecule has 0 aliphatic carbocycles. The zero-order valence-corrected chi connectivity index (χ0v) is 14.9. The summed E-state index contributed by atoms with van der Waals surface area (Å²) in [5.74, 6) is 0.00672. The van der Waals surface area contributed by atoms with Gasteiger partial charge in [0.05, 0.1) is 23.9 Å². The maximum Gasteiger partial charge on any atom is 0.242 e. The van der Waals surface area contributed by atoms with Crippen LogP contribution in [0.2, 0.25) is 0 Å². The van der Waals surface area contributed by atoms with E-state index in [1.165, 1.54) is 30.5 Å². The molecule has 0 bridgehead atoms. The molecule has 0 saturated carbocycles. The Morgan fingerprint density at radius 2 is 1.61 bits per heavy atom. The van der Waals surface area contributed by atoms with E-state index in [-0.39, 0.29) is 10.6 Å². The van der Waals surface area contributed by atoms with Crippen LogP contribution in [0.1, 0.15) is 5.56 Å². The van der Waals surface area contributed by atoms with Gasteiger partial charge < -0.3 is 4.74 Å². The number of rotatable bonds is 6. The molecule has 0 N–H and O–H groups in total. The van der Waals surface area contributed by atoms with Gasteiger partial charge in [0.25, 0.3) is 0 Å². The van der Waals surface area contributed by atoms with Gasteiger partial charge in [0.1, 0.15) is 0 Å². The summed E-state index contributed by atoms with van der Waals surface area (Å²) in [7, 11) is -3.83. The van der Waals surface area contributed by atoms with Crippen LogP contribution in [0.15, 0.2) is 29.2 Å². The van der Waals surface area contributed by atoms with Crippen LogP contribution >= 0.6 is 0 Å². The lowest BCUT2D eigenvalue weighted by molar-refractivity contribution is 0.0730. The number of ether oxygens (including phenoxy) is 1. The molecule has 1 aliphatic rings. The third-order valence-corrected chi connectivity index (χ3v) is 7.42. The van der Waals surface area contributed by atoms with Crippen molar-refractivity contribution in [2.75, 3.05) is 46.2 Å². The van der Waals surface area contributed by atoms with Crippen LogP contribution in [0.25, 0.3) is 0 Å². The molecule has 0 spiro atoms. The molecule has 0 unspecified atom stereocenters. The van der Waals surface area contributed by atoms with Crippen molar-refractivity contribution < 1.29 is 21.6 Å². The second-order valence-corrected chi connectivity index (χ2v) is 9.75. The van der Waals surface area contributed by atoms with E-state index in [9.17, 15) is 16.8 Å². The van der Waals surface area contributed by atoms with Crippen LogP contribution in [0.4, 0.5) is 0 Å². The second kappa shape index (κ2) is 7.27. The Kier molecular flexibility index (Phi) is 5.79. The summed E-state index contributed by atoms with van der Waals surface area (Å²) in [4.78, 5) is 0.197. The van der Waals surface area contributed by atoms with Gasteiger partial charge in [-0.3, -0.25) is 0 Å². The Morgan fingerprint density at radius 1 is 1.04 bits per heavy atom. The van der Waals surface area contributed by atoms with Gasteiger partial charge in [0.15, 0.2) is 0 Å². The summed E-state index contributed by atoms with van der Waals surface area (Å²) >= 11 is 0. The van der Waals surface area contributed by atoms with E-state index in [2.05, 4.69) is 0 Å². The van der Waals surface area contributed by atoms with Gasteiger partial charge >= 0.3 is 0 Å². The van der Waals surface area contributed by atoms with E-state index < -0.39 is 20.0 Å². The molecule has 0 radical (unpaired) electrons. The summed E-state index contributed by atoms with van der Waals surface area (Å²) in [6.07, 6.45) is 0.349. The first-order chi connectivity index (χ1) is 10.7. The van der Waals surface area contributed by atoms with Crippen LogP contribution in [0.5, 0.6) is 0 Å². The van der Waals surface area contributed by atoms with Crippen LogP contribution in [0.3, 0.4) is 0 Å². The number of hydrogen-bond acceptors (Lipinski definition) is 5. The van der Waals surface area contributed by atoms with E-state index in [1.807, 2.05) is 0 Å². The number of sulfonamides is 2. The van der Waals surface area contributed by atoms with E-state index in [4.69, 9.17) is 4.74 Å². The molecule has 0 atom stereocenters. The molecule has 0 aromatic heterocycles. The molecule has 23 heavy (non-hydrogen) atoms. The van der Waals surface area contributed by atoms with Crippen molar-refractivity contribution in [3.05, 3.63) is 29.8 Å². The third kappa shape index (κ3) is 4.51. The standard InChI is InChI=1S/C14H22N2O5S2/c1-15(2)23(19,20)14-5-3-13(4-6-14)7-12-22(17,18)16-8-10-21-11-9-16/h3-6H,7-12H2,1-2H3. The quantitative estimate of drug-likeness (QED) is 0.719. The van der Waals surface area contributed by atoms with Crippen molar-refractivity contribution in [2.45, 2.75) is 11.3 Å². The highest BCUT2D eigenvalue weighted by molar-refractivity contribution is 7.89. The molecular formula is C14H22N2O5S2. The minimum atomic E-state index is -3.46. The van der Waals surface area contributed by atoms with Gasteiger partial charge in [-0.05, 0) is 24.1 Å². The fourth-order valence-corrected chi connectivity index (χ4v) is 4.60. The predicted molar refractivity (Wildman–Crippen MR) is 87.2 cm³/mol. The van der Waals surface area contributed by atoms with Gasteiger partial charge in [-0.2, -0.15) is 4.31 Å². The molecule has 9 heteroatoms. The summed E-state index contributed by atoms with van der Waals surface area (Å²) in [6, 6.07) is 6.33. The van der Waals surface area contributed by atoms with E-state index >= 15 is 0 Å². The smallest absolute Gasteiger partial charge is 0.242 e. The largest absolute Gasteiger partial charge is 0.379 e. The first-order valence-electron chi connectivity index (χ1n) is 7.30. The Bertz CT molecular complexity index is 721. The van der Waals surface area contributed by atoms with Crippen LogP contribution < -0.4 is 0 Å². The number of aryl methyl sites for hydroxylation is 1. The molecule has 1 aliphatic heterocycles. The highest BCUT2D eigenvalue weighted by Crippen LogP contribution is 2.15. The second-order valence-electron chi connectivity index (χ2n) is 5.51. The molecule has 7 nitrogen and oxygen atoms in total. The van der Waals surface area contributed by atoms with Crippen molar-refractivity contribution in [1.82, 2.24) is 8.61 Å². The Balaban J connectivity index is 2.01. The first-order valence-corrected chi connectivity index (χ1v) is 10.4. The lowest BCUT2D eigenvalue weighted by Gasteiger charge is -2.26. The molecule has 1 saturated heterocycles. The molecular weight excluding hydrogens is 340 g/mol. The first kappa shape index (κ1) is 18.3. The normalized spacial score (nSPS) is 17.5. The molecule has 2 rings (SSSR count). The number of morpholine rings is 1. The fourth-order valence-electron chi connectivity index (χ4n) is 2.24. The van der Waals surface area contributed by atoms with Crippen LogP contribution in [-0.2, 0) is 31.2 Å². The topological polar surface area (TPSA) is 84.0 Å². The molecule has 1 fully saturated rings. The molecule has 1 aromatic carbocycles. The summed E-state index contributed by atoms with van der Waals surface area (Å²) in [6.45, 7) is 1.64. The number of hydrogen-bond donors (Lipinski definition) is 0. The molecule has 1 aromatic rings. The van der Waals surface area contributed by atoms with E-state index in [0.29, 0.717) is 32.7 Å². The van der Waals surface area contributed by atoms with Crippen molar-refractivity contribution in [3.63, 3.8) is 0 Å². The summed E-state index contributed by atoms with van der Waals surface area (Å²) < 4.78 is 56.2. The maximum absolute atomic E-state index is 12.2. The molecule has 130 valence electrons. The Morgan fingerprint density at radius 3 is 2.13 bits per heavy atom. The zero-order chi connectivity index (χ0) is 17.1. The van der Waals surface area contributed by atoms with Crippen molar-refractivity contribution >= 4 is 20.0 Å². The predicted octanol–water partition coefficient (Wildman–Crippen LogP) is 0.141. The summed E-state index contributed by atoms with van der Waals surface area (Å²) in [5, 5.41) is 0. The van der Waals surface area contributed by atoms with Crippen molar-refractivity contribution in [3.8, 4) is 0 Å². The minimum Gasteiger partial charge on any atom is -0.379 e. The number of nitrogens with zero attached hydrogens (tertiary/aromatic N) is 2. The van der Waals surface area contributed by atoms with Crippen molar-refractivity contribution in [2.24, 2.45) is 0 Å². The van der Waals surface area contributed by atoms with Gasteiger partial charge in [-0.25, -0.2) is 21.1 Å². The SMILES string of the molecule is CN(C)S(=O)(=O)c1ccc(CCS(=O)(=O)N2CCOCC2)cc1. The summed E-state index contributed by atoms with van der Waals surface area (Å²) in [5.41, 5.74) is 0.791. The molecule has 0 amide bonds. The Labute approximate surface area is 137 Å². The van der Waals surface area contributed by atoms with Gasteiger partial charge in [-0.15, -0.1) is 0 Å². The zero-order valence-electron chi connectivity index (χ0n) is 13.3. The highest BCUT2D eigenvalue weighted by Gasteiger charge is 2.24. The molecule has 1 heterocycles. The average Bonchev–Trinajstić information content (AvgIpc) is 2.54. The lowest BCUT2D eigenvalue weighted by atomic mass is 10.2. The van der Waals surface area contributed by atoms with E-state index in [1.54, 1.807) is 12.1 Å². The lowest BCUT2D eigenvalue weighted by Crippen LogP contribution is -2.42. The van der Waals surface area contributed by atoms with Crippen LogP contribution in [0, 0.1) is 0 Å². The minimum absolute atomic E-state index is 0.00672. The van der Waals surface area contributed by atoms with Crippen LogP contribution in [-0.4, -0.2) is 71.6 Å².